The molecule has 0 atom stereocenters. The molecule has 0 saturated carbocycles. The van der Waals surface area contributed by atoms with Crippen LogP contribution in [0.3, 0.4) is 0 Å². The van der Waals surface area contributed by atoms with E-state index < -0.39 is 33.8 Å². The Labute approximate surface area is 213 Å². The highest BCUT2D eigenvalue weighted by Gasteiger charge is 2.32. The highest BCUT2D eigenvalue weighted by atomic mass is 35.5. The number of piperidine rings is 1. The number of hydrogen-bond donors (Lipinski definition) is 1. The molecule has 12 heteroatoms. The second kappa shape index (κ2) is 11.4. The number of methoxy groups -OCH3 is 2. The van der Waals surface area contributed by atoms with Crippen LogP contribution in [0.25, 0.3) is 0 Å². The molecule has 0 aliphatic carbocycles. The molecule has 188 valence electrons. The van der Waals surface area contributed by atoms with E-state index in [1.807, 2.05) is 0 Å². The van der Waals surface area contributed by atoms with Gasteiger partial charge in [-0.3, -0.25) is 4.79 Å². The van der Waals surface area contributed by atoms with Crippen LogP contribution in [-0.2, 0) is 30.0 Å². The SMILES string of the molecule is COC(=O)c1ccc(C(=O)OC)c(NC(=O)C2CCN(S(=O)(=O)Cc3ccc(Cl)c(Cl)c3)CC2)c1. The summed E-state index contributed by atoms with van der Waals surface area (Å²) in [6, 6.07) is 8.77. The van der Waals surface area contributed by atoms with Crippen molar-refractivity contribution >= 4 is 56.8 Å². The Bertz CT molecular complexity index is 1240. The zero-order chi connectivity index (χ0) is 25.8. The van der Waals surface area contributed by atoms with Crippen molar-refractivity contribution in [3.8, 4) is 0 Å². The smallest absolute Gasteiger partial charge is 0.339 e. The number of benzene rings is 2. The first-order valence-electron chi connectivity index (χ1n) is 10.6. The van der Waals surface area contributed by atoms with Gasteiger partial charge >= 0.3 is 11.9 Å². The molecule has 35 heavy (non-hydrogen) atoms. The number of sulfonamides is 1. The van der Waals surface area contributed by atoms with E-state index in [0.29, 0.717) is 10.6 Å². The van der Waals surface area contributed by atoms with Crippen LogP contribution in [0.15, 0.2) is 36.4 Å². The Kier molecular flexibility index (Phi) is 8.76. The van der Waals surface area contributed by atoms with Crippen LogP contribution in [0.1, 0.15) is 39.1 Å². The minimum Gasteiger partial charge on any atom is -0.465 e. The van der Waals surface area contributed by atoms with Crippen molar-refractivity contribution < 1.29 is 32.3 Å². The number of rotatable bonds is 7. The fraction of sp³-hybridized carbons (Fsp3) is 0.348. The lowest BCUT2D eigenvalue weighted by atomic mass is 9.97. The van der Waals surface area contributed by atoms with E-state index >= 15 is 0 Å². The Balaban J connectivity index is 1.67. The van der Waals surface area contributed by atoms with Gasteiger partial charge in [-0.1, -0.05) is 29.3 Å². The first-order chi connectivity index (χ1) is 16.6. The maximum Gasteiger partial charge on any atom is 0.339 e. The predicted molar refractivity (Wildman–Crippen MR) is 131 cm³/mol. The van der Waals surface area contributed by atoms with Gasteiger partial charge in [0, 0.05) is 19.0 Å². The fourth-order valence-corrected chi connectivity index (χ4v) is 5.61. The van der Waals surface area contributed by atoms with Crippen LogP contribution in [0, 0.1) is 5.92 Å². The summed E-state index contributed by atoms with van der Waals surface area (Å²) in [5.74, 6) is -2.42. The number of anilines is 1. The Morgan fingerprint density at radius 3 is 2.23 bits per heavy atom. The Morgan fingerprint density at radius 1 is 0.971 bits per heavy atom. The molecule has 2 aromatic rings. The molecule has 0 radical (unpaired) electrons. The summed E-state index contributed by atoms with van der Waals surface area (Å²) in [4.78, 5) is 36.9. The van der Waals surface area contributed by atoms with E-state index in [4.69, 9.17) is 32.7 Å². The van der Waals surface area contributed by atoms with Crippen molar-refractivity contribution in [1.82, 2.24) is 4.31 Å². The molecular weight excluding hydrogens is 519 g/mol. The van der Waals surface area contributed by atoms with Crippen molar-refractivity contribution in [2.75, 3.05) is 32.6 Å². The predicted octanol–water partition coefficient (Wildman–Crippen LogP) is 3.75. The number of esters is 2. The largest absolute Gasteiger partial charge is 0.465 e. The maximum atomic E-state index is 12.9. The number of amides is 1. The quantitative estimate of drug-likeness (QED) is 0.529. The third-order valence-corrected chi connectivity index (χ3v) is 8.24. The topological polar surface area (TPSA) is 119 Å². The zero-order valence-electron chi connectivity index (χ0n) is 19.0. The number of halogens is 2. The van der Waals surface area contributed by atoms with Crippen LogP contribution in [0.2, 0.25) is 10.0 Å². The van der Waals surface area contributed by atoms with Crippen molar-refractivity contribution in [2.45, 2.75) is 18.6 Å². The summed E-state index contributed by atoms with van der Waals surface area (Å²) in [7, 11) is -1.20. The van der Waals surface area contributed by atoms with Crippen LogP contribution in [0.4, 0.5) is 5.69 Å². The minimum absolute atomic E-state index is 0.0788. The number of carbonyl (C=O) groups excluding carboxylic acids is 3. The molecule has 0 aromatic heterocycles. The third kappa shape index (κ3) is 6.52. The first kappa shape index (κ1) is 26.9. The van der Waals surface area contributed by atoms with E-state index in [1.165, 1.54) is 42.8 Å². The minimum atomic E-state index is -3.63. The van der Waals surface area contributed by atoms with Gasteiger partial charge in [-0.05, 0) is 48.7 Å². The monoisotopic (exact) mass is 542 g/mol. The molecule has 0 bridgehead atoms. The van der Waals surface area contributed by atoms with E-state index in [1.54, 1.807) is 12.1 Å². The molecule has 1 N–H and O–H groups in total. The lowest BCUT2D eigenvalue weighted by Crippen LogP contribution is -2.42. The molecule has 0 unspecified atom stereocenters. The maximum absolute atomic E-state index is 12.9. The average Bonchev–Trinajstić information content (AvgIpc) is 2.85. The lowest BCUT2D eigenvalue weighted by molar-refractivity contribution is -0.120. The highest BCUT2D eigenvalue weighted by Crippen LogP contribution is 2.27. The third-order valence-electron chi connectivity index (χ3n) is 5.66. The van der Waals surface area contributed by atoms with Gasteiger partial charge in [-0.2, -0.15) is 0 Å². The molecule has 3 rings (SSSR count). The van der Waals surface area contributed by atoms with Gasteiger partial charge in [0.05, 0.1) is 46.8 Å². The van der Waals surface area contributed by atoms with E-state index in [9.17, 15) is 22.8 Å². The molecule has 9 nitrogen and oxygen atoms in total. The number of ether oxygens (including phenoxy) is 2. The number of carbonyl (C=O) groups is 3. The van der Waals surface area contributed by atoms with Gasteiger partial charge < -0.3 is 14.8 Å². The number of nitrogens with zero attached hydrogens (tertiary/aromatic N) is 1. The van der Waals surface area contributed by atoms with Crippen molar-refractivity contribution in [3.63, 3.8) is 0 Å². The standard InChI is InChI=1S/C23H24Cl2N2O7S/c1-33-22(29)16-4-5-17(23(30)34-2)20(12-16)26-21(28)15-7-9-27(10-8-15)35(31,32)13-14-3-6-18(24)19(25)11-14/h3-6,11-12,15H,7-10,13H2,1-2H3,(H,26,28). The molecule has 1 fully saturated rings. The van der Waals surface area contributed by atoms with Crippen LogP contribution >= 0.6 is 23.2 Å². The molecule has 0 spiro atoms. The van der Waals surface area contributed by atoms with Crippen molar-refractivity contribution in [2.24, 2.45) is 5.92 Å². The number of hydrogen-bond acceptors (Lipinski definition) is 7. The van der Waals surface area contributed by atoms with E-state index in [-0.39, 0.29) is 53.5 Å². The van der Waals surface area contributed by atoms with Gasteiger partial charge in [-0.15, -0.1) is 0 Å². The summed E-state index contributed by atoms with van der Waals surface area (Å²) in [5.41, 5.74) is 0.855. The second-order valence-electron chi connectivity index (χ2n) is 7.91. The van der Waals surface area contributed by atoms with E-state index in [0.717, 1.165) is 0 Å². The molecule has 2 aromatic carbocycles. The molecule has 1 amide bonds. The van der Waals surface area contributed by atoms with Gasteiger partial charge in [0.15, 0.2) is 0 Å². The summed E-state index contributed by atoms with van der Waals surface area (Å²) in [6.45, 7) is 0.321. The van der Waals surface area contributed by atoms with Crippen LogP contribution in [-0.4, -0.2) is 57.9 Å². The summed E-state index contributed by atoms with van der Waals surface area (Å²) >= 11 is 11.9. The second-order valence-corrected chi connectivity index (χ2v) is 10.7. The molecular formula is C23H24Cl2N2O7S. The van der Waals surface area contributed by atoms with Crippen molar-refractivity contribution in [3.05, 3.63) is 63.1 Å². The van der Waals surface area contributed by atoms with Gasteiger partial charge in [0.25, 0.3) is 0 Å². The fourth-order valence-electron chi connectivity index (χ4n) is 3.74. The van der Waals surface area contributed by atoms with Gasteiger partial charge in [0.2, 0.25) is 15.9 Å². The van der Waals surface area contributed by atoms with Crippen LogP contribution < -0.4 is 5.32 Å². The Morgan fingerprint density at radius 2 is 1.63 bits per heavy atom. The molecule has 1 saturated heterocycles. The first-order valence-corrected chi connectivity index (χ1v) is 13.0. The van der Waals surface area contributed by atoms with Crippen molar-refractivity contribution in [1.29, 1.82) is 0 Å². The summed E-state index contributed by atoms with van der Waals surface area (Å²) in [6.07, 6.45) is 0.577. The Hall–Kier alpha value is -2.66. The average molecular weight is 543 g/mol. The van der Waals surface area contributed by atoms with Gasteiger partial charge in [-0.25, -0.2) is 22.3 Å². The summed E-state index contributed by atoms with van der Waals surface area (Å²) < 4.78 is 36.5. The normalized spacial score (nSPS) is 14.9. The van der Waals surface area contributed by atoms with Gasteiger partial charge in [0.1, 0.15) is 0 Å². The zero-order valence-corrected chi connectivity index (χ0v) is 21.4. The number of nitrogens with one attached hydrogen (secondary N) is 1. The molecule has 1 aliphatic heterocycles. The highest BCUT2D eigenvalue weighted by molar-refractivity contribution is 7.88. The summed E-state index contributed by atoms with van der Waals surface area (Å²) in [5, 5.41) is 3.29. The molecule has 1 heterocycles. The van der Waals surface area contributed by atoms with Crippen LogP contribution in [0.5, 0.6) is 0 Å². The lowest BCUT2D eigenvalue weighted by Gasteiger charge is -2.30. The van der Waals surface area contributed by atoms with E-state index in [2.05, 4.69) is 5.32 Å². The molecule has 1 aliphatic rings.